The Balaban J connectivity index is 2.10. The van der Waals surface area contributed by atoms with Crippen molar-refractivity contribution in [1.29, 1.82) is 0 Å². The summed E-state index contributed by atoms with van der Waals surface area (Å²) in [7, 11) is 0. The second kappa shape index (κ2) is 5.91. The van der Waals surface area contributed by atoms with Gasteiger partial charge in [-0.25, -0.2) is 0 Å². The van der Waals surface area contributed by atoms with Gasteiger partial charge < -0.3 is 0 Å². The smallest absolute Gasteiger partial charge is 0.269 e. The lowest BCUT2D eigenvalue weighted by Gasteiger charge is -2.00. The lowest BCUT2D eigenvalue weighted by molar-refractivity contribution is -0.385. The Labute approximate surface area is 119 Å². The van der Waals surface area contributed by atoms with Gasteiger partial charge in [-0.15, -0.1) is 0 Å². The highest BCUT2D eigenvalue weighted by molar-refractivity contribution is 6.04. The Kier molecular flexibility index (Phi) is 4.03. The maximum absolute atomic E-state index is 11.9. The fourth-order valence-electron chi connectivity index (χ4n) is 1.60. The highest BCUT2D eigenvalue weighted by atomic mass is 16.6. The van der Waals surface area contributed by atoms with Gasteiger partial charge in [-0.2, -0.15) is 0 Å². The summed E-state index contributed by atoms with van der Waals surface area (Å²) in [4.78, 5) is 31.8. The van der Waals surface area contributed by atoms with Crippen molar-refractivity contribution in [3.63, 3.8) is 0 Å². The molecule has 2 rings (SSSR count). The molecule has 2 radical (unpaired) electrons. The van der Waals surface area contributed by atoms with Crippen molar-refractivity contribution in [2.75, 3.05) is 0 Å². The number of ketones is 1. The fourth-order valence-corrected chi connectivity index (χ4v) is 1.60. The first kappa shape index (κ1) is 14.3. The Morgan fingerprint density at radius 1 is 0.810 bits per heavy atom. The minimum absolute atomic E-state index is 0.0802. The van der Waals surface area contributed by atoms with Crippen LogP contribution in [0.2, 0.25) is 0 Å². The Morgan fingerprint density at radius 3 is 1.67 bits per heavy atom. The maximum Gasteiger partial charge on any atom is 0.269 e. The largest absolute Gasteiger partial charge is 0.293 e. The van der Waals surface area contributed by atoms with Gasteiger partial charge in [0.1, 0.15) is 0 Å². The zero-order valence-electron chi connectivity index (χ0n) is 10.6. The fraction of sp³-hybridized carbons (Fsp3) is 0. The van der Waals surface area contributed by atoms with Crippen molar-refractivity contribution in [2.24, 2.45) is 0 Å². The van der Waals surface area contributed by atoms with Gasteiger partial charge >= 0.3 is 0 Å². The Hall–Kier alpha value is -3.09. The van der Waals surface area contributed by atoms with Crippen molar-refractivity contribution >= 4 is 17.2 Å². The Morgan fingerprint density at radius 2 is 1.24 bits per heavy atom. The Bertz CT molecular complexity index is 692. The van der Waals surface area contributed by atoms with Crippen LogP contribution in [0.25, 0.3) is 0 Å². The van der Waals surface area contributed by atoms with Crippen LogP contribution >= 0.6 is 0 Å². The standard InChI is InChI=1S/C14H8N2O5/c17-14(11-3-7-13(8-4-11)16(20)21)9-10-1-5-12(6-2-10)15(18)19/h1-8H. The minimum Gasteiger partial charge on any atom is -0.293 e. The first-order valence-corrected chi connectivity index (χ1v) is 5.77. The van der Waals surface area contributed by atoms with Crippen LogP contribution in [0, 0.1) is 26.6 Å². The summed E-state index contributed by atoms with van der Waals surface area (Å²) in [6, 6.07) is 10.5. The minimum atomic E-state index is -0.558. The lowest BCUT2D eigenvalue weighted by Crippen LogP contribution is -2.01. The molecule has 0 atom stereocenters. The molecule has 0 saturated heterocycles. The zero-order valence-corrected chi connectivity index (χ0v) is 10.6. The predicted octanol–water partition coefficient (Wildman–Crippen LogP) is 2.82. The van der Waals surface area contributed by atoms with Crippen molar-refractivity contribution in [1.82, 2.24) is 0 Å². The molecular weight excluding hydrogens is 276 g/mol. The topological polar surface area (TPSA) is 103 Å². The highest BCUT2D eigenvalue weighted by Gasteiger charge is 2.12. The number of nitro groups is 2. The van der Waals surface area contributed by atoms with E-state index in [4.69, 9.17) is 0 Å². The van der Waals surface area contributed by atoms with Crippen LogP contribution in [0.15, 0.2) is 48.5 Å². The second-order valence-corrected chi connectivity index (χ2v) is 4.06. The van der Waals surface area contributed by atoms with Gasteiger partial charge in [-0.3, -0.25) is 25.0 Å². The molecule has 0 unspecified atom stereocenters. The van der Waals surface area contributed by atoms with Crippen LogP contribution < -0.4 is 0 Å². The van der Waals surface area contributed by atoms with Crippen LogP contribution in [-0.4, -0.2) is 15.6 Å². The van der Waals surface area contributed by atoms with E-state index in [1.165, 1.54) is 48.5 Å². The van der Waals surface area contributed by atoms with E-state index in [9.17, 15) is 25.0 Å². The van der Waals surface area contributed by atoms with Crippen LogP contribution in [0.3, 0.4) is 0 Å². The molecule has 0 bridgehead atoms. The lowest BCUT2D eigenvalue weighted by atomic mass is 10.0. The third-order valence-corrected chi connectivity index (χ3v) is 2.68. The van der Waals surface area contributed by atoms with Gasteiger partial charge in [0.2, 0.25) is 0 Å². The molecule has 0 amide bonds. The zero-order chi connectivity index (χ0) is 15.4. The molecule has 0 saturated carbocycles. The predicted molar refractivity (Wildman–Crippen MR) is 72.9 cm³/mol. The molecule has 0 aliphatic heterocycles. The first-order chi connectivity index (χ1) is 9.97. The van der Waals surface area contributed by atoms with E-state index >= 15 is 0 Å². The SMILES string of the molecule is O=C([C]c1ccc([N+](=O)[O-])cc1)c1ccc([N+](=O)[O-])cc1. The number of hydrogen-bond acceptors (Lipinski definition) is 5. The van der Waals surface area contributed by atoms with E-state index in [-0.39, 0.29) is 16.9 Å². The van der Waals surface area contributed by atoms with Crippen LogP contribution in [0.5, 0.6) is 0 Å². The summed E-state index contributed by atoms with van der Waals surface area (Å²) >= 11 is 0. The van der Waals surface area contributed by atoms with E-state index in [1.807, 2.05) is 0 Å². The monoisotopic (exact) mass is 284 g/mol. The number of carbonyl (C=O) groups is 1. The molecule has 7 nitrogen and oxygen atoms in total. The van der Waals surface area contributed by atoms with Gasteiger partial charge in [0.05, 0.1) is 16.3 Å². The van der Waals surface area contributed by atoms with Crippen LogP contribution in [-0.2, 0) is 0 Å². The van der Waals surface area contributed by atoms with Gasteiger partial charge in [-0.1, -0.05) is 12.1 Å². The highest BCUT2D eigenvalue weighted by Crippen LogP contribution is 2.17. The molecular formula is C14H8N2O5. The van der Waals surface area contributed by atoms with Crippen molar-refractivity contribution in [3.05, 3.63) is 86.3 Å². The molecule has 0 heterocycles. The molecule has 0 fully saturated rings. The number of nitrogens with zero attached hydrogens (tertiary/aromatic N) is 2. The van der Waals surface area contributed by atoms with E-state index in [2.05, 4.69) is 6.42 Å². The van der Waals surface area contributed by atoms with Crippen LogP contribution in [0.1, 0.15) is 15.9 Å². The number of carbonyl (C=O) groups excluding carboxylic acids is 1. The maximum atomic E-state index is 11.9. The quantitative estimate of drug-likeness (QED) is 0.477. The number of rotatable bonds is 5. The average molecular weight is 284 g/mol. The molecule has 2 aromatic carbocycles. The van der Waals surface area contributed by atoms with Gasteiger partial charge in [0, 0.05) is 29.8 Å². The number of hydrogen-bond donors (Lipinski definition) is 0. The van der Waals surface area contributed by atoms with Gasteiger partial charge in [0.25, 0.3) is 11.4 Å². The molecule has 0 spiro atoms. The second-order valence-electron chi connectivity index (χ2n) is 4.06. The van der Waals surface area contributed by atoms with E-state index in [0.29, 0.717) is 5.56 Å². The summed E-state index contributed by atoms with van der Waals surface area (Å²) in [5, 5.41) is 21.0. The van der Waals surface area contributed by atoms with E-state index in [0.717, 1.165) is 0 Å². The number of nitro benzene ring substituents is 2. The molecule has 21 heavy (non-hydrogen) atoms. The number of Topliss-reactive ketones (excluding diaryl/α,β-unsaturated/α-hetero) is 1. The van der Waals surface area contributed by atoms with Gasteiger partial charge in [-0.05, 0) is 17.7 Å². The normalized spacial score (nSPS) is 10.1. The third-order valence-electron chi connectivity index (χ3n) is 2.68. The van der Waals surface area contributed by atoms with E-state index in [1.54, 1.807) is 0 Å². The molecule has 0 aliphatic rings. The van der Waals surface area contributed by atoms with Crippen molar-refractivity contribution in [3.8, 4) is 0 Å². The third kappa shape index (κ3) is 3.47. The summed E-state index contributed by atoms with van der Waals surface area (Å²) < 4.78 is 0. The van der Waals surface area contributed by atoms with E-state index < -0.39 is 15.6 Å². The van der Waals surface area contributed by atoms with Crippen LogP contribution in [0.4, 0.5) is 11.4 Å². The van der Waals surface area contributed by atoms with Gasteiger partial charge in [0.15, 0.2) is 5.78 Å². The molecule has 7 heteroatoms. The molecule has 0 N–H and O–H groups in total. The summed E-state index contributed by atoms with van der Waals surface area (Å²) in [6.45, 7) is 0. The molecule has 2 aromatic rings. The summed E-state index contributed by atoms with van der Waals surface area (Å²) in [6.07, 6.45) is 2.54. The summed E-state index contributed by atoms with van der Waals surface area (Å²) in [5.41, 5.74) is 0.452. The number of non-ortho nitro benzene ring substituents is 2. The molecule has 104 valence electrons. The number of benzene rings is 2. The van der Waals surface area contributed by atoms with Crippen molar-refractivity contribution < 1.29 is 14.6 Å². The molecule has 0 aromatic heterocycles. The summed E-state index contributed by atoms with van der Waals surface area (Å²) in [5.74, 6) is -0.459. The first-order valence-electron chi connectivity index (χ1n) is 5.77. The molecule has 0 aliphatic carbocycles. The van der Waals surface area contributed by atoms with Crippen molar-refractivity contribution in [2.45, 2.75) is 0 Å². The average Bonchev–Trinajstić information content (AvgIpc) is 2.47.